The van der Waals surface area contributed by atoms with E-state index in [2.05, 4.69) is 31.9 Å². The summed E-state index contributed by atoms with van der Waals surface area (Å²) in [7, 11) is 0. The number of carboxylic acid groups (broad SMARTS) is 2. The normalized spacial score (nSPS) is 15.0. The fourth-order valence-corrected chi connectivity index (χ4v) is 6.99. The van der Waals surface area contributed by atoms with Gasteiger partial charge in [0.05, 0.1) is 25.4 Å². The van der Waals surface area contributed by atoms with E-state index in [1.165, 1.54) is 13.8 Å². The third-order valence-electron chi connectivity index (χ3n) is 10.7. The van der Waals surface area contributed by atoms with E-state index in [4.69, 9.17) is 9.47 Å². The minimum atomic E-state index is -1.38. The van der Waals surface area contributed by atoms with Gasteiger partial charge in [-0.3, -0.25) is 28.8 Å². The molecule has 0 aliphatic heterocycles. The molecule has 0 saturated carbocycles. The van der Waals surface area contributed by atoms with Gasteiger partial charge in [-0.25, -0.2) is 9.59 Å². The van der Waals surface area contributed by atoms with E-state index in [1.54, 1.807) is 52.0 Å². The Morgan fingerprint density at radius 1 is 0.471 bits per heavy atom. The van der Waals surface area contributed by atoms with Gasteiger partial charge in [-0.15, -0.1) is 0 Å². The first-order valence-corrected chi connectivity index (χ1v) is 23.2. The van der Waals surface area contributed by atoms with Crippen molar-refractivity contribution < 1.29 is 68.3 Å². The van der Waals surface area contributed by atoms with Crippen molar-refractivity contribution in [2.45, 2.75) is 156 Å². The summed E-state index contributed by atoms with van der Waals surface area (Å²) in [5, 5.41) is 56.6. The number of carboxylic acids is 2. The van der Waals surface area contributed by atoms with Crippen LogP contribution < -0.4 is 41.4 Å². The van der Waals surface area contributed by atoms with E-state index in [-0.39, 0.29) is 63.6 Å². The highest BCUT2D eigenvalue weighted by Crippen LogP contribution is 2.26. The van der Waals surface area contributed by atoms with Gasteiger partial charge >= 0.3 is 11.9 Å². The summed E-state index contributed by atoms with van der Waals surface area (Å²) in [4.78, 5) is 102. The van der Waals surface area contributed by atoms with Gasteiger partial charge in [0.1, 0.15) is 47.8 Å². The van der Waals surface area contributed by atoms with Crippen molar-refractivity contribution in [2.75, 3.05) is 13.2 Å². The van der Waals surface area contributed by atoms with Gasteiger partial charge in [0.15, 0.2) is 0 Å². The van der Waals surface area contributed by atoms with Crippen molar-refractivity contribution in [3.05, 3.63) is 36.4 Å². The highest BCUT2D eigenvalue weighted by atomic mass is 16.5. The van der Waals surface area contributed by atoms with Crippen LogP contribution in [0.1, 0.15) is 108 Å². The molecule has 380 valence electrons. The number of hydrogen-bond donors (Lipinski definition) is 10. The molecule has 0 saturated heterocycles. The van der Waals surface area contributed by atoms with Crippen LogP contribution in [0.3, 0.4) is 0 Å². The van der Waals surface area contributed by atoms with Gasteiger partial charge in [0, 0.05) is 12.8 Å². The molecule has 68 heavy (non-hydrogen) atoms. The number of benzene rings is 2. The standard InChI is InChI=1S/C48H74N6O14/c1-25(2)21-35(43(59)53-39(27(5)6)47(63)64)49-45(61)41(29(9)55)51-37(57)13-11-19-67-33-17-15-31-16-18-34(24-32(31)23-33)68-20-12-14-38(58)52-42(30(10)56)46(62)50-36(22-26(3)4)44(60)54-40(28(7)8)48(65)66/h15-18,23-30,35-36,39-42,55-56H,11-14,19-22H2,1-10H3,(H,49,61)(H,50,62)(H,51,57)(H,52,58)(H,53,59)(H,54,60)(H,63,64)(H,65,66)/t29-,30-,35+,36+,39+,40+,41+,42+/m1/s1. The summed E-state index contributed by atoms with van der Waals surface area (Å²) in [5.41, 5.74) is 0. The van der Waals surface area contributed by atoms with Gasteiger partial charge < -0.3 is 61.8 Å². The maximum Gasteiger partial charge on any atom is 0.326 e. The lowest BCUT2D eigenvalue weighted by molar-refractivity contribution is -0.144. The molecule has 8 atom stereocenters. The van der Waals surface area contributed by atoms with Crippen LogP contribution in [0, 0.1) is 23.7 Å². The fourth-order valence-electron chi connectivity index (χ4n) is 6.99. The molecular formula is C48H74N6O14. The Kier molecular flexibility index (Phi) is 24.2. The van der Waals surface area contributed by atoms with E-state index in [9.17, 15) is 58.8 Å². The van der Waals surface area contributed by atoms with Gasteiger partial charge in [-0.05, 0) is 98.2 Å². The molecule has 0 spiro atoms. The minimum absolute atomic E-state index is 0.0514. The number of aliphatic hydroxyl groups is 2. The molecule has 0 aliphatic carbocycles. The quantitative estimate of drug-likeness (QED) is 0.0503. The Hall–Kier alpha value is -6.02. The van der Waals surface area contributed by atoms with Crippen LogP contribution in [-0.4, -0.2) is 129 Å². The molecule has 20 nitrogen and oxygen atoms in total. The topological polar surface area (TPSA) is 308 Å². The maximum atomic E-state index is 13.2. The molecule has 0 unspecified atom stereocenters. The first kappa shape index (κ1) is 58.1. The molecular weight excluding hydrogens is 885 g/mol. The van der Waals surface area contributed by atoms with Crippen molar-refractivity contribution in [1.82, 2.24) is 31.9 Å². The van der Waals surface area contributed by atoms with Crippen molar-refractivity contribution in [3.63, 3.8) is 0 Å². The molecule has 0 bridgehead atoms. The molecule has 0 radical (unpaired) electrons. The number of fused-ring (bicyclic) bond motifs is 1. The zero-order valence-corrected chi connectivity index (χ0v) is 40.9. The number of aliphatic carboxylic acids is 2. The summed E-state index contributed by atoms with van der Waals surface area (Å²) < 4.78 is 11.8. The van der Waals surface area contributed by atoms with Crippen molar-refractivity contribution in [3.8, 4) is 11.5 Å². The number of ether oxygens (including phenoxy) is 2. The number of nitrogens with one attached hydrogen (secondary N) is 6. The summed E-state index contributed by atoms with van der Waals surface area (Å²) in [6.07, 6.45) is -1.85. The Balaban J connectivity index is 1.93. The first-order chi connectivity index (χ1) is 31.8. The first-order valence-electron chi connectivity index (χ1n) is 23.2. The van der Waals surface area contributed by atoms with E-state index >= 15 is 0 Å². The predicted octanol–water partition coefficient (Wildman–Crippen LogP) is 2.40. The molecule has 0 fully saturated rings. The average molecular weight is 959 g/mol. The van der Waals surface area contributed by atoms with Crippen LogP contribution in [0.5, 0.6) is 11.5 Å². The monoisotopic (exact) mass is 959 g/mol. The van der Waals surface area contributed by atoms with Gasteiger partial charge in [-0.2, -0.15) is 0 Å². The van der Waals surface area contributed by atoms with Crippen molar-refractivity contribution >= 4 is 58.2 Å². The second kappa shape index (κ2) is 28.3. The third kappa shape index (κ3) is 20.1. The lowest BCUT2D eigenvalue weighted by Crippen LogP contribution is -2.58. The molecule has 2 aromatic rings. The van der Waals surface area contributed by atoms with Crippen LogP contribution in [0.2, 0.25) is 0 Å². The summed E-state index contributed by atoms with van der Waals surface area (Å²) >= 11 is 0. The molecule has 2 rings (SSSR count). The molecule has 6 amide bonds. The maximum absolute atomic E-state index is 13.2. The van der Waals surface area contributed by atoms with Gasteiger partial charge in [0.2, 0.25) is 35.4 Å². The van der Waals surface area contributed by atoms with Crippen LogP contribution in [0.4, 0.5) is 0 Å². The number of amides is 6. The number of rotatable bonds is 30. The van der Waals surface area contributed by atoms with E-state index in [0.29, 0.717) is 11.5 Å². The highest BCUT2D eigenvalue weighted by Gasteiger charge is 2.34. The molecule has 2 aromatic carbocycles. The molecule has 0 heterocycles. The Bertz CT molecular complexity index is 1890. The lowest BCUT2D eigenvalue weighted by atomic mass is 10.00. The van der Waals surface area contributed by atoms with Crippen LogP contribution >= 0.6 is 0 Å². The molecule has 10 N–H and O–H groups in total. The SMILES string of the molecule is CC(C)C[C@H](NC(=O)[C@@H](NC(=O)CCCOc1ccc2ccc(OCCCC(=O)N[C@H](C(=O)N[C@@H](CC(C)C)C(=O)N[C@H](C(=O)O)C(C)C)[C@@H](C)O)cc2c1)[C@@H](C)O)C(=O)N[C@H](C(=O)O)C(C)C. The molecule has 0 aliphatic rings. The summed E-state index contributed by atoms with van der Waals surface area (Å²) in [6, 6.07) is 3.47. The second-order valence-electron chi connectivity index (χ2n) is 18.7. The van der Waals surface area contributed by atoms with Gasteiger partial charge in [-0.1, -0.05) is 67.5 Å². The summed E-state index contributed by atoms with van der Waals surface area (Å²) in [6.45, 7) is 16.8. The summed E-state index contributed by atoms with van der Waals surface area (Å²) in [5.74, 6) is -6.40. The van der Waals surface area contributed by atoms with Gasteiger partial charge in [0.25, 0.3) is 0 Å². The molecule has 0 aromatic heterocycles. The Labute approximate surface area is 398 Å². The second-order valence-corrected chi connectivity index (χ2v) is 18.7. The molecule has 20 heteroatoms. The van der Waals surface area contributed by atoms with Crippen molar-refractivity contribution in [1.29, 1.82) is 0 Å². The number of carbonyl (C=O) groups is 8. The smallest absolute Gasteiger partial charge is 0.326 e. The van der Waals surface area contributed by atoms with E-state index < -0.39 is 108 Å². The Morgan fingerprint density at radius 2 is 0.824 bits per heavy atom. The average Bonchev–Trinajstić information content (AvgIpc) is 3.23. The van der Waals surface area contributed by atoms with Crippen LogP contribution in [0.25, 0.3) is 10.8 Å². The lowest BCUT2D eigenvalue weighted by Gasteiger charge is -2.27. The van der Waals surface area contributed by atoms with Crippen molar-refractivity contribution in [2.24, 2.45) is 23.7 Å². The number of carbonyl (C=O) groups excluding carboxylic acids is 6. The number of hydrogen-bond acceptors (Lipinski definition) is 12. The van der Waals surface area contributed by atoms with E-state index in [0.717, 1.165) is 10.8 Å². The highest BCUT2D eigenvalue weighted by molar-refractivity contribution is 5.95. The Morgan fingerprint density at radius 3 is 1.12 bits per heavy atom. The fraction of sp³-hybridized carbons (Fsp3) is 0.625. The zero-order chi connectivity index (χ0) is 51.4. The van der Waals surface area contributed by atoms with Crippen LogP contribution in [0.15, 0.2) is 36.4 Å². The number of aliphatic hydroxyl groups excluding tert-OH is 2. The zero-order valence-electron chi connectivity index (χ0n) is 40.9. The minimum Gasteiger partial charge on any atom is -0.494 e. The van der Waals surface area contributed by atoms with Crippen LogP contribution in [-0.2, 0) is 38.4 Å². The predicted molar refractivity (Wildman–Crippen MR) is 252 cm³/mol. The largest absolute Gasteiger partial charge is 0.494 e. The van der Waals surface area contributed by atoms with E-state index in [1.807, 2.05) is 39.8 Å². The third-order valence-corrected chi connectivity index (χ3v) is 10.7.